The maximum Gasteiger partial charge on any atom is 0.0483 e. The summed E-state index contributed by atoms with van der Waals surface area (Å²) in [4.78, 5) is 1.41. The first-order chi connectivity index (χ1) is 7.08. The summed E-state index contributed by atoms with van der Waals surface area (Å²) in [6, 6.07) is 5.20. The lowest BCUT2D eigenvalue weighted by molar-refractivity contribution is 0.562. The minimum absolute atomic E-state index is 0.615. The van der Waals surface area contributed by atoms with E-state index < -0.39 is 0 Å². The van der Waals surface area contributed by atoms with Crippen molar-refractivity contribution in [3.8, 4) is 0 Å². The molecular weight excluding hydrogens is 202 g/mol. The lowest BCUT2D eigenvalue weighted by Crippen LogP contribution is -2.31. The zero-order chi connectivity index (χ0) is 11.0. The van der Waals surface area contributed by atoms with Crippen LogP contribution < -0.4 is 5.32 Å². The van der Waals surface area contributed by atoms with Crippen molar-refractivity contribution in [3.63, 3.8) is 0 Å². The molecular formula is C13H19NS. The van der Waals surface area contributed by atoms with E-state index in [0.717, 1.165) is 0 Å². The molecule has 0 aliphatic carbocycles. The number of benzene rings is 1. The van der Waals surface area contributed by atoms with Crippen molar-refractivity contribution >= 4 is 17.4 Å². The third kappa shape index (κ3) is 2.15. The molecule has 1 nitrogen and oxygen atoms in total. The number of hydrogen-bond acceptors (Lipinski definition) is 2. The third-order valence-corrected chi connectivity index (χ3v) is 4.33. The number of aryl methyl sites for hydroxylation is 2. The molecule has 1 aromatic carbocycles. The van der Waals surface area contributed by atoms with E-state index in [1.807, 2.05) is 11.8 Å². The van der Waals surface area contributed by atoms with Gasteiger partial charge in [-0.1, -0.05) is 13.8 Å². The third-order valence-electron chi connectivity index (χ3n) is 3.16. The van der Waals surface area contributed by atoms with E-state index in [2.05, 4.69) is 45.1 Å². The van der Waals surface area contributed by atoms with Gasteiger partial charge in [-0.15, -0.1) is 11.8 Å². The Bertz CT molecular complexity index is 371. The molecule has 0 aromatic heterocycles. The molecule has 0 saturated heterocycles. The monoisotopic (exact) mass is 221 g/mol. The van der Waals surface area contributed by atoms with Crippen LogP contribution >= 0.6 is 11.8 Å². The van der Waals surface area contributed by atoms with Gasteiger partial charge in [0.1, 0.15) is 0 Å². The second kappa shape index (κ2) is 4.09. The Kier molecular flexibility index (Phi) is 2.96. The summed E-state index contributed by atoms with van der Waals surface area (Å²) in [6.07, 6.45) is 0. The molecule has 0 bridgehead atoms. The summed E-state index contributed by atoms with van der Waals surface area (Å²) < 4.78 is 0. The number of hydrogen-bond donors (Lipinski definition) is 1. The topological polar surface area (TPSA) is 12.0 Å². The van der Waals surface area contributed by atoms with Gasteiger partial charge in [-0.2, -0.15) is 0 Å². The predicted molar refractivity (Wildman–Crippen MR) is 68.9 cm³/mol. The zero-order valence-corrected chi connectivity index (χ0v) is 10.7. The van der Waals surface area contributed by atoms with Crippen molar-refractivity contribution in [1.82, 2.24) is 0 Å². The van der Waals surface area contributed by atoms with Crippen LogP contribution in [0.2, 0.25) is 0 Å². The van der Waals surface area contributed by atoms with Gasteiger partial charge >= 0.3 is 0 Å². The van der Waals surface area contributed by atoms with Crippen molar-refractivity contribution in [1.29, 1.82) is 0 Å². The van der Waals surface area contributed by atoms with Gasteiger partial charge in [0.2, 0.25) is 0 Å². The standard InChI is InChI=1S/C13H19NS/c1-8(2)12-7-15-13-6-10(4)9(3)5-11(13)14-12/h5-6,8,12,14H,7H2,1-4H3. The SMILES string of the molecule is Cc1cc2c(cc1C)SCC(C(C)C)N2. The van der Waals surface area contributed by atoms with E-state index in [1.165, 1.54) is 27.5 Å². The van der Waals surface area contributed by atoms with Gasteiger partial charge in [0.25, 0.3) is 0 Å². The molecule has 2 heteroatoms. The summed E-state index contributed by atoms with van der Waals surface area (Å²) in [7, 11) is 0. The molecule has 1 aliphatic heterocycles. The molecule has 1 aliphatic rings. The van der Waals surface area contributed by atoms with Gasteiger partial charge in [-0.3, -0.25) is 0 Å². The molecule has 2 rings (SSSR count). The van der Waals surface area contributed by atoms with Crippen LogP contribution in [0.4, 0.5) is 5.69 Å². The maximum absolute atomic E-state index is 3.64. The quantitative estimate of drug-likeness (QED) is 0.773. The summed E-state index contributed by atoms with van der Waals surface area (Å²) in [5.41, 5.74) is 4.10. The molecule has 1 aromatic rings. The van der Waals surface area contributed by atoms with Gasteiger partial charge in [0, 0.05) is 22.4 Å². The Balaban J connectivity index is 2.30. The first-order valence-electron chi connectivity index (χ1n) is 5.58. The average molecular weight is 221 g/mol. The van der Waals surface area contributed by atoms with Crippen molar-refractivity contribution in [2.24, 2.45) is 5.92 Å². The van der Waals surface area contributed by atoms with Gasteiger partial charge in [0.05, 0.1) is 0 Å². The van der Waals surface area contributed by atoms with E-state index in [9.17, 15) is 0 Å². The molecule has 15 heavy (non-hydrogen) atoms. The normalized spacial score (nSPS) is 19.9. The van der Waals surface area contributed by atoms with Gasteiger partial charge in [-0.05, 0) is 43.0 Å². The minimum atomic E-state index is 0.615. The molecule has 1 N–H and O–H groups in total. The number of anilines is 1. The molecule has 1 heterocycles. The Morgan fingerprint density at radius 3 is 2.60 bits per heavy atom. The van der Waals surface area contributed by atoms with E-state index in [1.54, 1.807) is 0 Å². The maximum atomic E-state index is 3.64. The number of nitrogens with one attached hydrogen (secondary N) is 1. The first-order valence-corrected chi connectivity index (χ1v) is 6.57. The number of thioether (sulfide) groups is 1. The van der Waals surface area contributed by atoms with Crippen LogP contribution in [0.1, 0.15) is 25.0 Å². The van der Waals surface area contributed by atoms with Crippen LogP contribution in [0.3, 0.4) is 0 Å². The van der Waals surface area contributed by atoms with Crippen LogP contribution in [-0.2, 0) is 0 Å². The van der Waals surface area contributed by atoms with Gasteiger partial charge < -0.3 is 5.32 Å². The lowest BCUT2D eigenvalue weighted by atomic mass is 10.0. The Morgan fingerprint density at radius 1 is 1.27 bits per heavy atom. The first kappa shape index (κ1) is 10.9. The van der Waals surface area contributed by atoms with E-state index in [0.29, 0.717) is 12.0 Å². The summed E-state index contributed by atoms with van der Waals surface area (Å²) >= 11 is 1.99. The fraction of sp³-hybridized carbons (Fsp3) is 0.538. The second-order valence-corrected chi connectivity index (χ2v) is 5.80. The zero-order valence-electron chi connectivity index (χ0n) is 9.92. The molecule has 82 valence electrons. The molecule has 0 radical (unpaired) electrons. The fourth-order valence-electron chi connectivity index (χ4n) is 1.80. The fourth-order valence-corrected chi connectivity index (χ4v) is 3.16. The highest BCUT2D eigenvalue weighted by molar-refractivity contribution is 7.99. The minimum Gasteiger partial charge on any atom is -0.380 e. The van der Waals surface area contributed by atoms with Crippen LogP contribution in [-0.4, -0.2) is 11.8 Å². The smallest absolute Gasteiger partial charge is 0.0483 e. The second-order valence-electron chi connectivity index (χ2n) is 4.74. The Labute approximate surface area is 96.7 Å². The summed E-state index contributed by atoms with van der Waals surface area (Å²) in [6.45, 7) is 8.93. The van der Waals surface area contributed by atoms with Crippen molar-refractivity contribution in [2.45, 2.75) is 38.6 Å². The molecule has 1 unspecified atom stereocenters. The van der Waals surface area contributed by atoms with E-state index in [-0.39, 0.29) is 0 Å². The van der Waals surface area contributed by atoms with Crippen LogP contribution in [0.5, 0.6) is 0 Å². The molecule has 0 spiro atoms. The van der Waals surface area contributed by atoms with Crippen LogP contribution in [0, 0.1) is 19.8 Å². The summed E-state index contributed by atoms with van der Waals surface area (Å²) in [5, 5.41) is 3.64. The van der Waals surface area contributed by atoms with Crippen molar-refractivity contribution in [3.05, 3.63) is 23.3 Å². The highest BCUT2D eigenvalue weighted by Crippen LogP contribution is 2.36. The van der Waals surface area contributed by atoms with Gasteiger partial charge in [0.15, 0.2) is 0 Å². The van der Waals surface area contributed by atoms with Crippen LogP contribution in [0.25, 0.3) is 0 Å². The lowest BCUT2D eigenvalue weighted by Gasteiger charge is -2.30. The van der Waals surface area contributed by atoms with Gasteiger partial charge in [-0.25, -0.2) is 0 Å². The molecule has 1 atom stereocenters. The Morgan fingerprint density at radius 2 is 1.93 bits per heavy atom. The Hall–Kier alpha value is -0.630. The van der Waals surface area contributed by atoms with Crippen LogP contribution in [0.15, 0.2) is 17.0 Å². The van der Waals surface area contributed by atoms with E-state index >= 15 is 0 Å². The summed E-state index contributed by atoms with van der Waals surface area (Å²) in [5.74, 6) is 1.89. The largest absolute Gasteiger partial charge is 0.380 e. The van der Waals surface area contributed by atoms with Crippen molar-refractivity contribution in [2.75, 3.05) is 11.1 Å². The number of rotatable bonds is 1. The number of fused-ring (bicyclic) bond motifs is 1. The molecule has 0 saturated carbocycles. The highest BCUT2D eigenvalue weighted by Gasteiger charge is 2.21. The average Bonchev–Trinajstić information content (AvgIpc) is 2.19. The highest BCUT2D eigenvalue weighted by atomic mass is 32.2. The molecule has 0 amide bonds. The molecule has 0 fully saturated rings. The predicted octanol–water partition coefficient (Wildman–Crippen LogP) is 3.85. The van der Waals surface area contributed by atoms with Crippen molar-refractivity contribution < 1.29 is 0 Å². The van der Waals surface area contributed by atoms with E-state index in [4.69, 9.17) is 0 Å².